The Bertz CT molecular complexity index is 2020. The van der Waals surface area contributed by atoms with Gasteiger partial charge in [0.25, 0.3) is 0 Å². The standard InChI is InChI=1S/C33H37ClN10O8/c1-33(2,3)52-32(51)44-24-9-6-21(15-19(24)16-26(44)31(49)50)36-28(46)22(7-10-27(45)42-13-11-41(4)12-14-42)37-29(47)30(48)38-23-17-20(34)5-8-25(23)43-18-35-39-40-43/h5-6,8-9,15-18,22H,7,10-14H2,1-4H3,(H,36,46)(H,37,47)(H,38,48)(H,49,50). The van der Waals surface area contributed by atoms with Crippen LogP contribution >= 0.6 is 11.6 Å². The van der Waals surface area contributed by atoms with Crippen LogP contribution in [0.5, 0.6) is 0 Å². The largest absolute Gasteiger partial charge is 0.477 e. The summed E-state index contributed by atoms with van der Waals surface area (Å²) in [6, 6.07) is 8.69. The molecule has 19 heteroatoms. The predicted octanol–water partition coefficient (Wildman–Crippen LogP) is 2.37. The summed E-state index contributed by atoms with van der Waals surface area (Å²) in [7, 11) is 1.95. The molecule has 1 aliphatic heterocycles. The number of carbonyl (C=O) groups excluding carboxylic acids is 5. The van der Waals surface area contributed by atoms with Gasteiger partial charge < -0.3 is 35.6 Å². The molecule has 0 spiro atoms. The number of halogens is 1. The molecule has 1 fully saturated rings. The van der Waals surface area contributed by atoms with Crippen LogP contribution in [-0.4, -0.2) is 120 Å². The van der Waals surface area contributed by atoms with E-state index in [0.717, 1.165) is 4.57 Å². The van der Waals surface area contributed by atoms with Crippen molar-refractivity contribution >= 4 is 69.6 Å². The molecule has 274 valence electrons. The zero-order valence-electron chi connectivity index (χ0n) is 28.8. The van der Waals surface area contributed by atoms with Crippen LogP contribution < -0.4 is 16.0 Å². The SMILES string of the molecule is CN1CCN(C(=O)CCC(NC(=O)C(=O)Nc2cc(Cl)ccc2-n2cnnn2)C(=O)Nc2ccc3c(c2)cc(C(=O)O)n3C(=O)OC(C)(C)C)CC1. The fourth-order valence-electron chi connectivity index (χ4n) is 5.42. The lowest BCUT2D eigenvalue weighted by atomic mass is 10.1. The van der Waals surface area contributed by atoms with E-state index in [9.17, 15) is 33.9 Å². The number of hydrogen-bond acceptors (Lipinski definition) is 11. The minimum Gasteiger partial charge on any atom is -0.477 e. The molecule has 0 saturated carbocycles. The molecule has 1 atom stereocenters. The molecule has 4 aromatic rings. The van der Waals surface area contributed by atoms with Crippen LogP contribution in [0.4, 0.5) is 16.2 Å². The number of nitrogens with zero attached hydrogens (tertiary/aromatic N) is 7. The van der Waals surface area contributed by atoms with Gasteiger partial charge in [-0.25, -0.2) is 14.2 Å². The van der Waals surface area contributed by atoms with E-state index in [4.69, 9.17) is 16.3 Å². The van der Waals surface area contributed by atoms with Crippen LogP contribution in [0.25, 0.3) is 16.6 Å². The first-order valence-electron chi connectivity index (χ1n) is 16.1. The number of carboxylic acids is 1. The molecule has 52 heavy (non-hydrogen) atoms. The number of piperazine rings is 1. The van der Waals surface area contributed by atoms with Crippen LogP contribution in [0.1, 0.15) is 44.1 Å². The first kappa shape index (κ1) is 37.4. The monoisotopic (exact) mass is 736 g/mol. The van der Waals surface area contributed by atoms with Gasteiger partial charge in [0.05, 0.1) is 16.9 Å². The number of carboxylic acid groups (broad SMARTS) is 1. The highest BCUT2D eigenvalue weighted by Crippen LogP contribution is 2.26. The van der Waals surface area contributed by atoms with E-state index in [0.29, 0.717) is 37.3 Å². The van der Waals surface area contributed by atoms with Crippen LogP contribution in [0.15, 0.2) is 48.8 Å². The van der Waals surface area contributed by atoms with Gasteiger partial charge in [-0.05, 0) is 87.1 Å². The van der Waals surface area contributed by atoms with Gasteiger partial charge in [-0.1, -0.05) is 11.6 Å². The van der Waals surface area contributed by atoms with Crippen molar-refractivity contribution in [2.75, 3.05) is 43.9 Å². The molecule has 0 bridgehead atoms. The highest BCUT2D eigenvalue weighted by Gasteiger charge is 2.29. The molecule has 4 amide bonds. The van der Waals surface area contributed by atoms with E-state index < -0.39 is 41.4 Å². The summed E-state index contributed by atoms with van der Waals surface area (Å²) in [6.07, 6.45) is 0.124. The Morgan fingerprint density at radius 1 is 0.962 bits per heavy atom. The second-order valence-electron chi connectivity index (χ2n) is 13.0. The molecule has 1 aliphatic rings. The molecule has 1 unspecified atom stereocenters. The van der Waals surface area contributed by atoms with Crippen molar-refractivity contribution < 1.29 is 38.6 Å². The predicted molar refractivity (Wildman–Crippen MR) is 187 cm³/mol. The van der Waals surface area contributed by atoms with Crippen LogP contribution in [-0.2, 0) is 23.9 Å². The highest BCUT2D eigenvalue weighted by atomic mass is 35.5. The third-order valence-electron chi connectivity index (χ3n) is 8.00. The lowest BCUT2D eigenvalue weighted by Crippen LogP contribution is -2.49. The molecule has 0 radical (unpaired) electrons. The molecule has 2 aromatic heterocycles. The Balaban J connectivity index is 1.36. The minimum atomic E-state index is -1.37. The summed E-state index contributed by atoms with van der Waals surface area (Å²) in [4.78, 5) is 81.8. The number of likely N-dealkylation sites (N-methyl/N-ethyl adjacent to an activating group) is 1. The number of ether oxygens (including phenoxy) is 1. The molecule has 2 aromatic carbocycles. The van der Waals surface area contributed by atoms with Crippen molar-refractivity contribution in [3.8, 4) is 5.69 Å². The van der Waals surface area contributed by atoms with Crippen molar-refractivity contribution in [3.63, 3.8) is 0 Å². The van der Waals surface area contributed by atoms with E-state index in [1.165, 1.54) is 47.4 Å². The maximum absolute atomic E-state index is 13.7. The second-order valence-corrected chi connectivity index (χ2v) is 13.5. The number of benzene rings is 2. The number of tetrazole rings is 1. The van der Waals surface area contributed by atoms with E-state index in [-0.39, 0.29) is 46.4 Å². The lowest BCUT2D eigenvalue weighted by molar-refractivity contribution is -0.138. The van der Waals surface area contributed by atoms with Crippen LogP contribution in [0, 0.1) is 0 Å². The molecule has 5 rings (SSSR count). The first-order chi connectivity index (χ1) is 24.6. The van der Waals surface area contributed by atoms with Crippen molar-refractivity contribution in [2.24, 2.45) is 0 Å². The molecule has 0 aliphatic carbocycles. The van der Waals surface area contributed by atoms with Crippen molar-refractivity contribution in [3.05, 3.63) is 59.5 Å². The van der Waals surface area contributed by atoms with Gasteiger partial charge in [0.2, 0.25) is 11.8 Å². The molecule has 3 heterocycles. The van der Waals surface area contributed by atoms with Crippen molar-refractivity contribution in [1.29, 1.82) is 0 Å². The highest BCUT2D eigenvalue weighted by molar-refractivity contribution is 6.40. The molecular formula is C33H37ClN10O8. The Kier molecular flexibility index (Phi) is 11.2. The number of aromatic carboxylic acids is 1. The Hall–Kier alpha value is -5.88. The summed E-state index contributed by atoms with van der Waals surface area (Å²) in [5.41, 5.74) is -0.428. The summed E-state index contributed by atoms with van der Waals surface area (Å²) in [6.45, 7) is 7.32. The number of carbonyl (C=O) groups is 6. The Morgan fingerprint density at radius 2 is 1.69 bits per heavy atom. The van der Waals surface area contributed by atoms with Gasteiger partial charge in [-0.15, -0.1) is 5.10 Å². The zero-order chi connectivity index (χ0) is 37.7. The number of hydrogen-bond donors (Lipinski definition) is 4. The quantitative estimate of drug-likeness (QED) is 0.182. The number of anilines is 2. The fraction of sp³-hybridized carbons (Fsp3) is 0.364. The van der Waals surface area contributed by atoms with E-state index in [1.807, 2.05) is 7.05 Å². The number of amides is 4. The number of aromatic nitrogens is 5. The van der Waals surface area contributed by atoms with E-state index >= 15 is 0 Å². The average Bonchev–Trinajstić information content (AvgIpc) is 3.75. The number of nitrogens with one attached hydrogen (secondary N) is 3. The Morgan fingerprint density at radius 3 is 2.35 bits per heavy atom. The fourth-order valence-corrected chi connectivity index (χ4v) is 5.59. The van der Waals surface area contributed by atoms with Gasteiger partial charge in [0.1, 0.15) is 23.7 Å². The van der Waals surface area contributed by atoms with E-state index in [2.05, 4.69) is 36.4 Å². The molecule has 18 nitrogen and oxygen atoms in total. The first-order valence-corrected chi connectivity index (χ1v) is 16.5. The minimum absolute atomic E-state index is 0.110. The summed E-state index contributed by atoms with van der Waals surface area (Å²) >= 11 is 6.13. The summed E-state index contributed by atoms with van der Waals surface area (Å²) in [5, 5.41) is 28.8. The van der Waals surface area contributed by atoms with Gasteiger partial charge >= 0.3 is 23.9 Å². The smallest absolute Gasteiger partial charge is 0.419 e. The van der Waals surface area contributed by atoms with Crippen molar-refractivity contribution in [1.82, 2.24) is 39.9 Å². The zero-order valence-corrected chi connectivity index (χ0v) is 29.5. The molecule has 4 N–H and O–H groups in total. The summed E-state index contributed by atoms with van der Waals surface area (Å²) in [5.74, 6) is -4.66. The van der Waals surface area contributed by atoms with Crippen molar-refractivity contribution in [2.45, 2.75) is 45.3 Å². The molecular weight excluding hydrogens is 700 g/mol. The van der Waals surface area contributed by atoms with Gasteiger partial charge in [-0.2, -0.15) is 4.68 Å². The van der Waals surface area contributed by atoms with Crippen LogP contribution in [0.2, 0.25) is 5.02 Å². The maximum Gasteiger partial charge on any atom is 0.419 e. The normalized spacial score (nSPS) is 14.1. The van der Waals surface area contributed by atoms with Crippen LogP contribution in [0.3, 0.4) is 0 Å². The number of fused-ring (bicyclic) bond motifs is 1. The average molecular weight is 737 g/mol. The Labute approximate surface area is 302 Å². The van der Waals surface area contributed by atoms with E-state index in [1.54, 1.807) is 31.7 Å². The van der Waals surface area contributed by atoms with Gasteiger partial charge in [0.15, 0.2) is 0 Å². The second kappa shape index (κ2) is 15.6. The third-order valence-corrected chi connectivity index (χ3v) is 8.23. The lowest BCUT2D eigenvalue weighted by Gasteiger charge is -2.32. The third kappa shape index (κ3) is 9.07. The van der Waals surface area contributed by atoms with Gasteiger partial charge in [0, 0.05) is 48.7 Å². The topological polar surface area (TPSA) is 223 Å². The molecule has 1 saturated heterocycles. The maximum atomic E-state index is 13.7. The van der Waals surface area contributed by atoms with Gasteiger partial charge in [-0.3, -0.25) is 19.2 Å². The summed E-state index contributed by atoms with van der Waals surface area (Å²) < 4.78 is 7.57. The number of rotatable bonds is 9.